The second-order valence-electron chi connectivity index (χ2n) is 5.86. The molecule has 0 aliphatic heterocycles. The number of allylic oxidation sites excluding steroid dienone is 4. The van der Waals surface area contributed by atoms with E-state index in [9.17, 15) is 0 Å². The molecule has 3 heteroatoms. The van der Waals surface area contributed by atoms with Crippen LogP contribution >= 0.6 is 20.3 Å². The first-order valence-electron chi connectivity index (χ1n) is 8.27. The quantitative estimate of drug-likeness (QED) is 0.407. The summed E-state index contributed by atoms with van der Waals surface area (Å²) in [5, 5.41) is 4.25. The molecule has 0 fully saturated rings. The number of benzene rings is 3. The van der Waals surface area contributed by atoms with E-state index in [1.165, 1.54) is 21.5 Å². The number of halogens is 1. The van der Waals surface area contributed by atoms with Crippen molar-refractivity contribution in [2.45, 2.75) is 5.92 Å². The zero-order valence-electron chi connectivity index (χ0n) is 14.1. The van der Waals surface area contributed by atoms with Crippen LogP contribution < -0.4 is 15.9 Å². The van der Waals surface area contributed by atoms with Crippen LogP contribution in [-0.2, 0) is 16.5 Å². The fourth-order valence-electron chi connectivity index (χ4n) is 3.19. The third-order valence-electron chi connectivity index (χ3n) is 4.31. The summed E-state index contributed by atoms with van der Waals surface area (Å²) in [6, 6.07) is 30.7. The smallest absolute Gasteiger partial charge is 0.0211 e. The Labute approximate surface area is 173 Å². The summed E-state index contributed by atoms with van der Waals surface area (Å²) in [7, 11) is -0.551. The van der Waals surface area contributed by atoms with Gasteiger partial charge in [-0.3, -0.25) is 0 Å². The van der Waals surface area contributed by atoms with Crippen LogP contribution in [0.25, 0.3) is 0 Å². The minimum Gasteiger partial charge on any atom is -0.147 e. The molecule has 0 N–H and O–H groups in total. The number of rotatable bonds is 4. The normalized spacial score (nSPS) is 12.7. The molecule has 0 saturated carbocycles. The maximum absolute atomic E-state index is 2.31. The predicted octanol–water partition coefficient (Wildman–Crippen LogP) is 5.07. The molecule has 1 aliphatic carbocycles. The maximum atomic E-state index is 2.31. The molecular weight excluding hydrogens is 401 g/mol. The predicted molar refractivity (Wildman–Crippen MR) is 113 cm³/mol. The Morgan fingerprint density at radius 2 is 1.04 bits per heavy atom. The van der Waals surface area contributed by atoms with Gasteiger partial charge in [0.2, 0.25) is 0 Å². The molecule has 3 aromatic carbocycles. The van der Waals surface area contributed by atoms with Gasteiger partial charge in [-0.15, -0.1) is 12.4 Å². The fraction of sp³-hybridized carbons (Fsp3) is 0.0435. The van der Waals surface area contributed by atoms with E-state index < -0.39 is 7.92 Å². The summed E-state index contributed by atoms with van der Waals surface area (Å²) in [6.45, 7) is 0. The SMILES string of the molecule is C1=CC(c2ccccc2P(c2ccccc2)c2ccccc2)C=C1.Cl.[Ni]. The van der Waals surface area contributed by atoms with Crippen LogP contribution in [0.4, 0.5) is 0 Å². The summed E-state index contributed by atoms with van der Waals surface area (Å²) in [5.74, 6) is 0.388. The van der Waals surface area contributed by atoms with E-state index in [0.29, 0.717) is 5.92 Å². The minimum atomic E-state index is -0.551. The molecule has 134 valence electrons. The van der Waals surface area contributed by atoms with Crippen LogP contribution in [0.15, 0.2) is 109 Å². The van der Waals surface area contributed by atoms with Crippen molar-refractivity contribution >= 4 is 36.2 Å². The van der Waals surface area contributed by atoms with Crippen molar-refractivity contribution in [2.75, 3.05) is 0 Å². The Morgan fingerprint density at radius 1 is 0.577 bits per heavy atom. The van der Waals surface area contributed by atoms with Crippen LogP contribution in [0.3, 0.4) is 0 Å². The summed E-state index contributed by atoms with van der Waals surface area (Å²) >= 11 is 0. The zero-order chi connectivity index (χ0) is 16.2. The van der Waals surface area contributed by atoms with E-state index in [-0.39, 0.29) is 28.9 Å². The van der Waals surface area contributed by atoms with Crippen LogP contribution in [0.5, 0.6) is 0 Å². The van der Waals surface area contributed by atoms with Gasteiger partial charge in [-0.1, -0.05) is 109 Å². The van der Waals surface area contributed by atoms with Gasteiger partial charge >= 0.3 is 0 Å². The molecule has 0 saturated heterocycles. The van der Waals surface area contributed by atoms with Crippen molar-refractivity contribution in [1.82, 2.24) is 0 Å². The van der Waals surface area contributed by atoms with E-state index in [4.69, 9.17) is 0 Å². The molecule has 0 unspecified atom stereocenters. The molecule has 0 heterocycles. The van der Waals surface area contributed by atoms with Crippen LogP contribution in [0.2, 0.25) is 0 Å². The fourth-order valence-corrected chi connectivity index (χ4v) is 5.71. The van der Waals surface area contributed by atoms with Gasteiger partial charge in [-0.05, 0) is 29.4 Å². The van der Waals surface area contributed by atoms with Gasteiger partial charge in [0, 0.05) is 22.4 Å². The number of hydrogen-bond acceptors (Lipinski definition) is 0. The van der Waals surface area contributed by atoms with Gasteiger partial charge in [0.25, 0.3) is 0 Å². The van der Waals surface area contributed by atoms with Crippen LogP contribution in [-0.4, -0.2) is 0 Å². The summed E-state index contributed by atoms with van der Waals surface area (Å²) in [5.41, 5.74) is 1.42. The average molecular weight is 422 g/mol. The largest absolute Gasteiger partial charge is 0.147 e. The van der Waals surface area contributed by atoms with Gasteiger partial charge in [0.15, 0.2) is 0 Å². The molecule has 0 nitrogen and oxygen atoms in total. The molecule has 0 aromatic heterocycles. The van der Waals surface area contributed by atoms with E-state index in [1.807, 2.05) is 0 Å². The van der Waals surface area contributed by atoms with E-state index in [0.717, 1.165) is 0 Å². The van der Waals surface area contributed by atoms with E-state index in [2.05, 4.69) is 109 Å². The topological polar surface area (TPSA) is 0 Å². The Kier molecular flexibility index (Phi) is 7.86. The molecule has 1 aliphatic rings. The molecule has 0 spiro atoms. The molecule has 0 bridgehead atoms. The summed E-state index contributed by atoms with van der Waals surface area (Å²) < 4.78 is 0. The van der Waals surface area contributed by atoms with Crippen molar-refractivity contribution < 1.29 is 16.5 Å². The first-order valence-corrected chi connectivity index (χ1v) is 9.62. The van der Waals surface area contributed by atoms with Crippen molar-refractivity contribution in [2.24, 2.45) is 0 Å². The molecule has 0 amide bonds. The third-order valence-corrected chi connectivity index (χ3v) is 6.83. The average Bonchev–Trinajstić information content (AvgIpc) is 3.19. The molecule has 0 atom stereocenters. The Balaban J connectivity index is 0.00000121. The third kappa shape index (κ3) is 4.36. The van der Waals surface area contributed by atoms with Crippen LogP contribution in [0, 0.1) is 0 Å². The molecule has 26 heavy (non-hydrogen) atoms. The molecular formula is C23H20ClNiP. The van der Waals surface area contributed by atoms with Gasteiger partial charge in [-0.25, -0.2) is 0 Å². The van der Waals surface area contributed by atoms with Crippen molar-refractivity contribution in [1.29, 1.82) is 0 Å². The van der Waals surface area contributed by atoms with Crippen molar-refractivity contribution in [3.05, 3.63) is 115 Å². The first kappa shape index (κ1) is 20.7. The maximum Gasteiger partial charge on any atom is 0.0211 e. The van der Waals surface area contributed by atoms with Crippen LogP contribution in [0.1, 0.15) is 11.5 Å². The summed E-state index contributed by atoms with van der Waals surface area (Å²) in [4.78, 5) is 0. The monoisotopic (exact) mass is 420 g/mol. The van der Waals surface area contributed by atoms with Gasteiger partial charge in [0.1, 0.15) is 0 Å². The first-order chi connectivity index (χ1) is 11.9. The Morgan fingerprint density at radius 3 is 1.58 bits per heavy atom. The second-order valence-corrected chi connectivity index (χ2v) is 8.05. The molecule has 0 radical (unpaired) electrons. The standard InChI is InChI=1S/C23H19P.ClH.Ni/c1-3-13-20(14-4-1)24(21-15-5-2-6-16-21)23-18-10-9-17-22(23)19-11-7-8-12-19;;/h1-19H;1H;. The zero-order valence-corrected chi connectivity index (χ0v) is 16.8. The summed E-state index contributed by atoms with van der Waals surface area (Å²) in [6.07, 6.45) is 8.86. The van der Waals surface area contributed by atoms with Gasteiger partial charge in [-0.2, -0.15) is 0 Å². The van der Waals surface area contributed by atoms with Crippen molar-refractivity contribution in [3.8, 4) is 0 Å². The van der Waals surface area contributed by atoms with Gasteiger partial charge in [0.05, 0.1) is 0 Å². The van der Waals surface area contributed by atoms with Gasteiger partial charge < -0.3 is 0 Å². The van der Waals surface area contributed by atoms with E-state index in [1.54, 1.807) is 0 Å². The molecule has 3 aromatic rings. The number of hydrogen-bond donors (Lipinski definition) is 0. The van der Waals surface area contributed by atoms with Crippen molar-refractivity contribution in [3.63, 3.8) is 0 Å². The molecule has 4 rings (SSSR count). The van der Waals surface area contributed by atoms with E-state index >= 15 is 0 Å². The second kappa shape index (κ2) is 9.89. The minimum absolute atomic E-state index is 0. The Hall–Kier alpha value is -1.65. The Bertz CT molecular complexity index is 823.